The van der Waals surface area contributed by atoms with Crippen LogP contribution < -0.4 is 5.11 Å². The van der Waals surface area contributed by atoms with E-state index in [1.165, 1.54) is 0 Å². The third kappa shape index (κ3) is 12.2. The highest BCUT2D eigenvalue weighted by Gasteiger charge is 2.56. The van der Waals surface area contributed by atoms with Gasteiger partial charge in [-0.3, -0.25) is 22.9 Å². The topological polar surface area (TPSA) is 309 Å². The Labute approximate surface area is 209 Å². The van der Waals surface area contributed by atoms with Crippen LogP contribution in [0.1, 0.15) is 12.8 Å². The number of phosphoric ester groups is 3. The van der Waals surface area contributed by atoms with Gasteiger partial charge in [0.15, 0.2) is 0 Å². The Hall–Kier alpha value is -0.980. The SMILES string of the molecule is C=C([O-])OC[C@H](COP(=O)(O)O[C@@H]1[C@H](O)[C@H](O)[C@@H](OP(=O)(O)O)[C@H](OP(=O)(O)O)[C@H]1O)OC(=O)CC[CH2-]. The first-order valence-electron chi connectivity index (χ1n) is 9.91. The molecular weight excluding hydrogens is 577 g/mol. The minimum Gasteiger partial charge on any atom is -0.610 e. The largest absolute Gasteiger partial charge is 0.610 e. The summed E-state index contributed by atoms with van der Waals surface area (Å²) in [6.07, 6.45) is -16.5. The summed E-state index contributed by atoms with van der Waals surface area (Å²) in [6, 6.07) is 0. The number of phosphoric acid groups is 3. The number of aliphatic hydroxyl groups excluding tert-OH is 3. The number of carbonyl (C=O) groups is 1. The summed E-state index contributed by atoms with van der Waals surface area (Å²) < 4.78 is 61.9. The zero-order chi connectivity index (χ0) is 28.8. The van der Waals surface area contributed by atoms with E-state index in [4.69, 9.17) is 24.3 Å². The van der Waals surface area contributed by atoms with Crippen LogP contribution in [0.15, 0.2) is 12.5 Å². The molecule has 0 saturated heterocycles. The zero-order valence-corrected chi connectivity index (χ0v) is 21.4. The first-order valence-corrected chi connectivity index (χ1v) is 14.5. The van der Waals surface area contributed by atoms with Gasteiger partial charge in [-0.05, 0) is 0 Å². The molecule has 8 atom stereocenters. The molecule has 218 valence electrons. The van der Waals surface area contributed by atoms with Crippen molar-refractivity contribution in [3.63, 3.8) is 0 Å². The Morgan fingerprint density at radius 3 is 1.81 bits per heavy atom. The van der Waals surface area contributed by atoms with Crippen LogP contribution in [-0.2, 0) is 46.1 Å². The molecule has 0 aromatic rings. The number of ether oxygens (including phenoxy) is 2. The predicted molar refractivity (Wildman–Crippen MR) is 112 cm³/mol. The van der Waals surface area contributed by atoms with Gasteiger partial charge in [-0.2, -0.15) is 6.42 Å². The highest BCUT2D eigenvalue weighted by molar-refractivity contribution is 7.47. The van der Waals surface area contributed by atoms with Crippen molar-refractivity contribution in [3.8, 4) is 0 Å². The molecule has 0 amide bonds. The molecule has 0 radical (unpaired) electrons. The molecule has 37 heavy (non-hydrogen) atoms. The minimum absolute atomic E-state index is 0.119. The average Bonchev–Trinajstić information content (AvgIpc) is 2.72. The van der Waals surface area contributed by atoms with Crippen LogP contribution in [0.5, 0.6) is 0 Å². The quantitative estimate of drug-likeness (QED) is 0.0397. The van der Waals surface area contributed by atoms with E-state index in [2.05, 4.69) is 36.3 Å². The number of carbonyl (C=O) groups excluding carboxylic acids is 1. The summed E-state index contributed by atoms with van der Waals surface area (Å²) >= 11 is 0. The van der Waals surface area contributed by atoms with Gasteiger partial charge in [0.1, 0.15) is 42.7 Å². The summed E-state index contributed by atoms with van der Waals surface area (Å²) in [6.45, 7) is 4.67. The summed E-state index contributed by atoms with van der Waals surface area (Å²) in [7, 11) is -16.5. The van der Waals surface area contributed by atoms with Crippen LogP contribution in [0.25, 0.3) is 0 Å². The van der Waals surface area contributed by atoms with Gasteiger partial charge in [0.2, 0.25) is 0 Å². The Kier molecular flexibility index (Phi) is 12.8. The first kappa shape index (κ1) is 34.0. The first-order chi connectivity index (χ1) is 16.8. The highest BCUT2D eigenvalue weighted by atomic mass is 31.2. The van der Waals surface area contributed by atoms with Crippen molar-refractivity contribution in [1.82, 2.24) is 0 Å². The van der Waals surface area contributed by atoms with Gasteiger partial charge < -0.3 is 61.3 Å². The molecule has 0 spiro atoms. The standard InChI is InChI=1S/C15H28O19P3/c1-3-4-9(17)31-8(5-29-7(2)16)6-30-37(27,28)34-13-10(18)11(19)14(32-35(21,22)23)15(12(13)20)33-36(24,25)26/h8,10-16,18-20H,1-6H2,(H,27,28)(H2,21,22,23)(H2,24,25,26)/q-1/p-1/t8-,10-,11+,12+,13-,14-,15-/m1/s1. The Morgan fingerprint density at radius 1 is 0.865 bits per heavy atom. The summed E-state index contributed by atoms with van der Waals surface area (Å²) in [5.74, 6) is -1.90. The lowest BCUT2D eigenvalue weighted by Gasteiger charge is -2.44. The number of rotatable bonds is 15. The number of esters is 1. The van der Waals surface area contributed by atoms with Gasteiger partial charge in [0.25, 0.3) is 0 Å². The van der Waals surface area contributed by atoms with Crippen LogP contribution in [0.4, 0.5) is 0 Å². The fourth-order valence-corrected chi connectivity index (χ4v) is 5.00. The van der Waals surface area contributed by atoms with Crippen molar-refractivity contribution >= 4 is 29.4 Å². The monoisotopic (exact) mass is 604 g/mol. The molecule has 1 aliphatic rings. The summed E-state index contributed by atoms with van der Waals surface area (Å²) in [5, 5.41) is 41.7. The van der Waals surface area contributed by atoms with Crippen molar-refractivity contribution < 1.29 is 91.0 Å². The molecule has 1 saturated carbocycles. The molecule has 8 N–H and O–H groups in total. The van der Waals surface area contributed by atoms with Crippen LogP contribution in [-0.4, -0.2) is 102 Å². The number of aliphatic hydroxyl groups is 3. The molecule has 1 unspecified atom stereocenters. The van der Waals surface area contributed by atoms with E-state index in [0.717, 1.165) is 0 Å². The second kappa shape index (κ2) is 13.9. The molecule has 22 heteroatoms. The lowest BCUT2D eigenvalue weighted by Crippen LogP contribution is -2.65. The number of hydrogen-bond donors (Lipinski definition) is 8. The molecule has 0 aromatic heterocycles. The summed E-state index contributed by atoms with van der Waals surface area (Å²) in [4.78, 5) is 57.7. The Balaban J connectivity index is 3.07. The van der Waals surface area contributed by atoms with E-state index >= 15 is 0 Å². The van der Waals surface area contributed by atoms with Crippen LogP contribution in [0, 0.1) is 6.92 Å². The van der Waals surface area contributed by atoms with Crippen molar-refractivity contribution in [1.29, 1.82) is 0 Å². The van der Waals surface area contributed by atoms with Gasteiger partial charge in [0, 0.05) is 19.0 Å². The van der Waals surface area contributed by atoms with Crippen LogP contribution in [0.3, 0.4) is 0 Å². The van der Waals surface area contributed by atoms with Gasteiger partial charge >= 0.3 is 29.4 Å². The lowest BCUT2D eigenvalue weighted by atomic mass is 9.85. The fourth-order valence-electron chi connectivity index (χ4n) is 2.91. The Bertz CT molecular complexity index is 914. The summed E-state index contributed by atoms with van der Waals surface area (Å²) in [5.41, 5.74) is 0. The zero-order valence-electron chi connectivity index (χ0n) is 18.7. The molecule has 0 aliphatic heterocycles. The molecule has 1 fully saturated rings. The molecule has 0 heterocycles. The smallest absolute Gasteiger partial charge is 0.472 e. The van der Waals surface area contributed by atoms with Crippen molar-refractivity contribution in [2.45, 2.75) is 55.6 Å². The van der Waals surface area contributed by atoms with Crippen LogP contribution >= 0.6 is 23.5 Å². The van der Waals surface area contributed by atoms with E-state index in [1.54, 1.807) is 0 Å². The average molecular weight is 604 g/mol. The van der Waals surface area contributed by atoms with Crippen molar-refractivity contribution in [3.05, 3.63) is 19.4 Å². The van der Waals surface area contributed by atoms with E-state index in [-0.39, 0.29) is 12.8 Å². The van der Waals surface area contributed by atoms with E-state index < -0.39 is 91.3 Å². The normalized spacial score (nSPS) is 29.2. The Morgan fingerprint density at radius 2 is 1.35 bits per heavy atom. The molecule has 1 rings (SSSR count). The maximum atomic E-state index is 12.4. The predicted octanol–water partition coefficient (Wildman–Crippen LogP) is -3.09. The molecule has 1 aliphatic carbocycles. The molecule has 0 bridgehead atoms. The maximum absolute atomic E-state index is 12.4. The van der Waals surface area contributed by atoms with Gasteiger partial charge in [-0.15, -0.1) is 0 Å². The van der Waals surface area contributed by atoms with E-state index in [0.29, 0.717) is 0 Å². The molecule has 0 aromatic carbocycles. The second-order valence-corrected chi connectivity index (χ2v) is 11.1. The third-order valence-electron chi connectivity index (χ3n) is 4.33. The lowest BCUT2D eigenvalue weighted by molar-refractivity contribution is -0.358. The number of hydrogen-bond acceptors (Lipinski definition) is 14. The fraction of sp³-hybridized carbons (Fsp3) is 0.733. The second-order valence-electron chi connectivity index (χ2n) is 7.33. The minimum atomic E-state index is -5.56. The molecule has 19 nitrogen and oxygen atoms in total. The van der Waals surface area contributed by atoms with Crippen molar-refractivity contribution in [2.24, 2.45) is 0 Å². The van der Waals surface area contributed by atoms with Crippen molar-refractivity contribution in [2.75, 3.05) is 13.2 Å². The third-order valence-corrected chi connectivity index (χ3v) is 6.35. The van der Waals surface area contributed by atoms with E-state index in [9.17, 15) is 43.8 Å². The molecular formula is C15H27O19P3-2. The maximum Gasteiger partial charge on any atom is 0.472 e. The van der Waals surface area contributed by atoms with Gasteiger partial charge in [-0.25, -0.2) is 13.7 Å². The van der Waals surface area contributed by atoms with Crippen LogP contribution in [0.2, 0.25) is 0 Å². The highest BCUT2D eigenvalue weighted by Crippen LogP contribution is 2.51. The van der Waals surface area contributed by atoms with Gasteiger partial charge in [-0.1, -0.05) is 6.58 Å². The van der Waals surface area contributed by atoms with Gasteiger partial charge in [0.05, 0.1) is 6.61 Å². The van der Waals surface area contributed by atoms with E-state index in [1.807, 2.05) is 0 Å².